The van der Waals surface area contributed by atoms with Crippen LogP contribution in [0.4, 0.5) is 10.7 Å². The summed E-state index contributed by atoms with van der Waals surface area (Å²) in [6, 6.07) is 0.451. The lowest BCUT2D eigenvalue weighted by molar-refractivity contribution is 0.0922. The van der Waals surface area contributed by atoms with Crippen molar-refractivity contribution in [2.75, 3.05) is 18.4 Å². The third-order valence-electron chi connectivity index (χ3n) is 5.80. The second-order valence-electron chi connectivity index (χ2n) is 8.41. The van der Waals surface area contributed by atoms with Gasteiger partial charge in [-0.15, -0.1) is 0 Å². The van der Waals surface area contributed by atoms with Gasteiger partial charge in [-0.05, 0) is 76.9 Å². The first kappa shape index (κ1) is 19.9. The molecule has 150 valence electrons. The first-order valence-electron chi connectivity index (χ1n) is 10.2. The zero-order valence-corrected chi connectivity index (χ0v) is 16.8. The lowest BCUT2D eigenvalue weighted by Crippen LogP contribution is -2.44. The molecule has 2 heterocycles. The second-order valence-corrected chi connectivity index (χ2v) is 8.41. The predicted molar refractivity (Wildman–Crippen MR) is 106 cm³/mol. The summed E-state index contributed by atoms with van der Waals surface area (Å²) < 4.78 is 5.62. The molecule has 7 heteroatoms. The molecule has 1 aliphatic carbocycles. The quantitative estimate of drug-likeness (QED) is 0.708. The van der Waals surface area contributed by atoms with Crippen LogP contribution < -0.4 is 16.0 Å². The van der Waals surface area contributed by atoms with Crippen molar-refractivity contribution in [3.63, 3.8) is 0 Å². The van der Waals surface area contributed by atoms with Crippen molar-refractivity contribution in [3.8, 4) is 0 Å². The van der Waals surface area contributed by atoms with E-state index in [4.69, 9.17) is 4.74 Å². The van der Waals surface area contributed by atoms with Gasteiger partial charge in [0.25, 0.3) is 0 Å². The molecule has 1 amide bonds. The molecule has 3 rings (SSSR count). The van der Waals surface area contributed by atoms with E-state index in [1.165, 1.54) is 0 Å². The molecule has 2 atom stereocenters. The van der Waals surface area contributed by atoms with Crippen molar-refractivity contribution in [3.05, 3.63) is 18.0 Å². The van der Waals surface area contributed by atoms with E-state index in [1.807, 2.05) is 26.2 Å². The summed E-state index contributed by atoms with van der Waals surface area (Å²) in [4.78, 5) is 21.1. The molecule has 27 heavy (non-hydrogen) atoms. The van der Waals surface area contributed by atoms with Crippen LogP contribution in [0.3, 0.4) is 0 Å². The maximum absolute atomic E-state index is 12.1. The van der Waals surface area contributed by atoms with Gasteiger partial charge in [0.15, 0.2) is 0 Å². The lowest BCUT2D eigenvalue weighted by atomic mass is 10.0. The van der Waals surface area contributed by atoms with Crippen LogP contribution in [0.15, 0.2) is 12.4 Å². The molecule has 0 spiro atoms. The van der Waals surface area contributed by atoms with Crippen molar-refractivity contribution in [2.24, 2.45) is 0 Å². The highest BCUT2D eigenvalue weighted by Gasteiger charge is 2.30. The Morgan fingerprint density at radius 1 is 1.22 bits per heavy atom. The molecule has 0 aromatic carbocycles. The monoisotopic (exact) mass is 375 g/mol. The fourth-order valence-electron chi connectivity index (χ4n) is 3.67. The second kappa shape index (κ2) is 8.87. The average molecular weight is 376 g/mol. The number of rotatable bonds is 6. The van der Waals surface area contributed by atoms with Crippen LogP contribution in [0.2, 0.25) is 0 Å². The topological polar surface area (TPSA) is 88.2 Å². The maximum atomic E-state index is 12.1. The van der Waals surface area contributed by atoms with Crippen LogP contribution in [-0.2, 0) is 4.74 Å². The molecule has 1 aliphatic heterocycles. The largest absolute Gasteiger partial charge is 0.446 e. The molecule has 1 saturated carbocycles. The van der Waals surface area contributed by atoms with Gasteiger partial charge in [-0.3, -0.25) is 0 Å². The number of hydrogen-bond donors (Lipinski definition) is 3. The normalized spacial score (nSPS) is 23.8. The number of ether oxygens (including phenoxy) is 1. The van der Waals surface area contributed by atoms with Crippen LogP contribution >= 0.6 is 0 Å². The Morgan fingerprint density at radius 3 is 2.59 bits per heavy atom. The summed E-state index contributed by atoms with van der Waals surface area (Å²) in [6.45, 7) is 8.14. The van der Waals surface area contributed by atoms with Crippen LogP contribution in [0.25, 0.3) is 0 Å². The fraction of sp³-hybridized carbons (Fsp3) is 0.750. The van der Waals surface area contributed by atoms with Gasteiger partial charge in [0.05, 0.1) is 0 Å². The van der Waals surface area contributed by atoms with E-state index < -0.39 is 0 Å². The lowest BCUT2D eigenvalue weighted by Gasteiger charge is -2.25. The molecule has 0 bridgehead atoms. The Labute approximate surface area is 162 Å². The van der Waals surface area contributed by atoms with Crippen LogP contribution in [0.1, 0.15) is 70.8 Å². The Kier molecular flexibility index (Phi) is 6.52. The van der Waals surface area contributed by atoms with Crippen LogP contribution in [-0.4, -0.2) is 46.8 Å². The van der Waals surface area contributed by atoms with Gasteiger partial charge in [-0.25, -0.2) is 14.8 Å². The summed E-state index contributed by atoms with van der Waals surface area (Å²) in [7, 11) is 0. The third kappa shape index (κ3) is 5.79. The van der Waals surface area contributed by atoms with E-state index in [0.29, 0.717) is 17.9 Å². The number of anilines is 1. The van der Waals surface area contributed by atoms with Gasteiger partial charge in [-0.1, -0.05) is 6.92 Å². The molecule has 0 radical (unpaired) electrons. The predicted octanol–water partition coefficient (Wildman–Crippen LogP) is 3.19. The molecule has 1 aromatic rings. The molecule has 7 nitrogen and oxygen atoms in total. The van der Waals surface area contributed by atoms with E-state index in [1.54, 1.807) is 0 Å². The van der Waals surface area contributed by atoms with Gasteiger partial charge in [0.2, 0.25) is 5.95 Å². The Morgan fingerprint density at radius 2 is 1.93 bits per heavy atom. The molecule has 3 N–H and O–H groups in total. The van der Waals surface area contributed by atoms with E-state index in [9.17, 15) is 4.79 Å². The Balaban J connectivity index is 1.47. The fourth-order valence-corrected chi connectivity index (χ4v) is 3.67. The van der Waals surface area contributed by atoms with Crippen molar-refractivity contribution in [2.45, 2.75) is 82.9 Å². The minimum atomic E-state index is -0.315. The number of aromatic nitrogens is 2. The Bertz CT molecular complexity index is 613. The number of amides is 1. The highest BCUT2D eigenvalue weighted by atomic mass is 16.6. The number of carbonyl (C=O) groups excluding carboxylic acids is 1. The van der Waals surface area contributed by atoms with Gasteiger partial charge in [0.1, 0.15) is 6.10 Å². The van der Waals surface area contributed by atoms with Gasteiger partial charge >= 0.3 is 6.09 Å². The molecule has 1 saturated heterocycles. The molecule has 0 unspecified atom stereocenters. The smallest absolute Gasteiger partial charge is 0.407 e. The minimum absolute atomic E-state index is 0.0322. The van der Waals surface area contributed by atoms with Crippen molar-refractivity contribution >= 4 is 12.0 Å². The average Bonchev–Trinajstić information content (AvgIpc) is 3.11. The SMILES string of the molecule is CCC(C)(C)NC(=O)O[C@H]1CC[C@@H](c2cnc(NC3CCNCC3)nc2)C1. The van der Waals surface area contributed by atoms with Crippen molar-refractivity contribution < 1.29 is 9.53 Å². The zero-order chi connectivity index (χ0) is 19.3. The molecule has 1 aromatic heterocycles. The minimum Gasteiger partial charge on any atom is -0.446 e. The number of alkyl carbamates (subject to hydrolysis) is 1. The maximum Gasteiger partial charge on any atom is 0.407 e. The summed E-state index contributed by atoms with van der Waals surface area (Å²) in [5.74, 6) is 1.06. The highest BCUT2D eigenvalue weighted by molar-refractivity contribution is 5.68. The first-order chi connectivity index (χ1) is 12.9. The Hall–Kier alpha value is -1.89. The zero-order valence-electron chi connectivity index (χ0n) is 16.8. The van der Waals surface area contributed by atoms with E-state index >= 15 is 0 Å². The summed E-state index contributed by atoms with van der Waals surface area (Å²) in [6.07, 6.45) is 9.29. The number of nitrogens with zero attached hydrogens (tertiary/aromatic N) is 2. The van der Waals surface area contributed by atoms with Crippen LogP contribution in [0, 0.1) is 0 Å². The number of piperidine rings is 1. The van der Waals surface area contributed by atoms with Crippen molar-refractivity contribution in [1.29, 1.82) is 0 Å². The highest BCUT2D eigenvalue weighted by Crippen LogP contribution is 2.35. The summed E-state index contributed by atoms with van der Waals surface area (Å²) in [5.41, 5.74) is 0.895. The summed E-state index contributed by atoms with van der Waals surface area (Å²) in [5, 5.41) is 9.71. The molecular formula is C20H33N5O2. The molecular weight excluding hydrogens is 342 g/mol. The standard InChI is InChI=1S/C20H33N5O2/c1-4-20(2,3)25-19(26)27-17-6-5-14(11-17)15-12-22-18(23-13-15)24-16-7-9-21-10-8-16/h12-14,16-17,21H,4-11H2,1-3H3,(H,25,26)(H,22,23,24)/t14-,17+/m1/s1. The third-order valence-corrected chi connectivity index (χ3v) is 5.80. The van der Waals surface area contributed by atoms with E-state index in [-0.39, 0.29) is 17.7 Å². The van der Waals surface area contributed by atoms with Crippen LogP contribution in [0.5, 0.6) is 0 Å². The number of hydrogen-bond acceptors (Lipinski definition) is 6. The van der Waals surface area contributed by atoms with E-state index in [0.717, 1.165) is 57.2 Å². The van der Waals surface area contributed by atoms with E-state index in [2.05, 4.69) is 32.8 Å². The molecule has 2 fully saturated rings. The van der Waals surface area contributed by atoms with Gasteiger partial charge in [-0.2, -0.15) is 0 Å². The molecule has 2 aliphatic rings. The van der Waals surface area contributed by atoms with Gasteiger partial charge < -0.3 is 20.7 Å². The summed E-state index contributed by atoms with van der Waals surface area (Å²) >= 11 is 0. The first-order valence-corrected chi connectivity index (χ1v) is 10.2. The number of nitrogens with one attached hydrogen (secondary N) is 3. The van der Waals surface area contributed by atoms with Gasteiger partial charge in [0, 0.05) is 24.0 Å². The number of carbonyl (C=O) groups is 1. The van der Waals surface area contributed by atoms with Crippen molar-refractivity contribution in [1.82, 2.24) is 20.6 Å².